The summed E-state index contributed by atoms with van der Waals surface area (Å²) in [5, 5.41) is 10.2. The summed E-state index contributed by atoms with van der Waals surface area (Å²) in [4.78, 5) is 18.5. The van der Waals surface area contributed by atoms with Crippen LogP contribution in [0.3, 0.4) is 0 Å². The van der Waals surface area contributed by atoms with Crippen LogP contribution in [0.25, 0.3) is 0 Å². The number of nitrogens with one attached hydrogen (secondary N) is 2. The predicted molar refractivity (Wildman–Crippen MR) is 117 cm³/mol. The second-order valence-electron chi connectivity index (χ2n) is 6.88. The lowest BCUT2D eigenvalue weighted by Crippen LogP contribution is -2.15. The minimum Gasteiger partial charge on any atom is -0.497 e. The molecule has 2 heterocycles. The minimum absolute atomic E-state index is 0.253. The molecule has 0 aliphatic rings. The second kappa shape index (κ2) is 9.49. The molecule has 0 aliphatic carbocycles. The van der Waals surface area contributed by atoms with Gasteiger partial charge in [0, 0.05) is 37.5 Å². The van der Waals surface area contributed by atoms with Crippen molar-refractivity contribution in [3.05, 3.63) is 58.4 Å². The van der Waals surface area contributed by atoms with Crippen molar-refractivity contribution in [3.63, 3.8) is 0 Å². The summed E-state index contributed by atoms with van der Waals surface area (Å²) in [7, 11) is 6.91. The number of ether oxygens (including phenoxy) is 2. The molecule has 0 aliphatic heterocycles. The first-order chi connectivity index (χ1) is 14.4. The fraction of sp³-hybridized carbons (Fsp3) is 0.286. The number of halogens is 1. The normalized spacial score (nSPS) is 10.6. The van der Waals surface area contributed by atoms with Crippen LogP contribution < -0.4 is 19.7 Å². The van der Waals surface area contributed by atoms with Crippen molar-refractivity contribution >= 4 is 29.1 Å². The van der Waals surface area contributed by atoms with Gasteiger partial charge in [-0.3, -0.25) is 9.89 Å². The molecule has 3 rings (SSSR count). The number of hydrogen-bond donors (Lipinski definition) is 2. The molecule has 0 unspecified atom stereocenters. The SMILES string of the molecule is COc1cc(CCc2cc(NC(=O)c3cc(Cl)nc(N(C)C)c3)n[nH]2)cc(OC)c1. The third kappa shape index (κ3) is 5.42. The van der Waals surface area contributed by atoms with Gasteiger partial charge in [-0.2, -0.15) is 5.10 Å². The molecule has 0 atom stereocenters. The highest BCUT2D eigenvalue weighted by molar-refractivity contribution is 6.30. The van der Waals surface area contributed by atoms with Gasteiger partial charge in [-0.05, 0) is 42.7 Å². The third-order valence-corrected chi connectivity index (χ3v) is 4.66. The first-order valence-corrected chi connectivity index (χ1v) is 9.68. The second-order valence-corrected chi connectivity index (χ2v) is 7.27. The van der Waals surface area contributed by atoms with E-state index >= 15 is 0 Å². The lowest BCUT2D eigenvalue weighted by Gasteiger charge is -2.12. The maximum absolute atomic E-state index is 12.6. The Balaban J connectivity index is 1.65. The van der Waals surface area contributed by atoms with Gasteiger partial charge >= 0.3 is 0 Å². The number of methoxy groups -OCH3 is 2. The predicted octanol–water partition coefficient (Wildman–Crippen LogP) is 3.58. The Bertz CT molecular complexity index is 1010. The molecule has 8 nitrogen and oxygen atoms in total. The molecule has 1 aromatic carbocycles. The number of aromatic amines is 1. The van der Waals surface area contributed by atoms with Crippen LogP contribution in [0.1, 0.15) is 21.6 Å². The molecule has 0 radical (unpaired) electrons. The fourth-order valence-corrected chi connectivity index (χ4v) is 3.08. The van der Waals surface area contributed by atoms with Gasteiger partial charge < -0.3 is 19.7 Å². The zero-order chi connectivity index (χ0) is 21.7. The molecule has 2 N–H and O–H groups in total. The Morgan fingerprint density at radius 2 is 1.77 bits per heavy atom. The number of rotatable bonds is 8. The van der Waals surface area contributed by atoms with Gasteiger partial charge in [-0.25, -0.2) is 4.98 Å². The molecule has 0 saturated heterocycles. The average Bonchev–Trinajstić information content (AvgIpc) is 3.18. The van der Waals surface area contributed by atoms with E-state index in [1.54, 1.807) is 25.2 Å². The van der Waals surface area contributed by atoms with E-state index in [0.717, 1.165) is 29.2 Å². The number of carbonyl (C=O) groups is 1. The topological polar surface area (TPSA) is 92.4 Å². The summed E-state index contributed by atoms with van der Waals surface area (Å²) in [5.41, 5.74) is 2.38. The Kier molecular flexibility index (Phi) is 6.79. The number of benzene rings is 1. The van der Waals surface area contributed by atoms with Crippen LogP contribution in [0, 0.1) is 0 Å². The lowest BCUT2D eigenvalue weighted by molar-refractivity contribution is 0.102. The Morgan fingerprint density at radius 1 is 1.07 bits per heavy atom. The standard InChI is InChI=1S/C21H24ClN5O3/c1-27(2)20-10-14(9-18(22)23-20)21(28)24-19-11-15(25-26-19)6-5-13-7-16(29-3)12-17(8-13)30-4/h7-12H,5-6H2,1-4H3,(H2,24,25,26,28). The number of anilines is 2. The van der Waals surface area contributed by atoms with Crippen molar-refractivity contribution in [1.29, 1.82) is 0 Å². The van der Waals surface area contributed by atoms with Gasteiger partial charge in [0.2, 0.25) is 0 Å². The summed E-state index contributed by atoms with van der Waals surface area (Å²) in [6.45, 7) is 0. The van der Waals surface area contributed by atoms with Gasteiger partial charge in [0.25, 0.3) is 5.91 Å². The van der Waals surface area contributed by atoms with E-state index in [4.69, 9.17) is 21.1 Å². The van der Waals surface area contributed by atoms with E-state index in [2.05, 4.69) is 20.5 Å². The Hall–Kier alpha value is -3.26. The van der Waals surface area contributed by atoms with E-state index in [1.807, 2.05) is 38.4 Å². The number of hydrogen-bond acceptors (Lipinski definition) is 6. The van der Waals surface area contributed by atoms with Crippen LogP contribution in [-0.2, 0) is 12.8 Å². The summed E-state index contributed by atoms with van der Waals surface area (Å²) in [5.74, 6) is 2.23. The molecular formula is C21H24ClN5O3. The van der Waals surface area contributed by atoms with Crippen LogP contribution in [-0.4, -0.2) is 49.4 Å². The van der Waals surface area contributed by atoms with Crippen LogP contribution in [0.4, 0.5) is 11.6 Å². The number of H-pyrrole nitrogens is 1. The molecule has 3 aromatic rings. The molecule has 30 heavy (non-hydrogen) atoms. The van der Waals surface area contributed by atoms with Crippen molar-refractivity contribution in [3.8, 4) is 11.5 Å². The van der Waals surface area contributed by atoms with Crippen molar-refractivity contribution in [2.75, 3.05) is 38.5 Å². The van der Waals surface area contributed by atoms with Gasteiger partial charge in [0.15, 0.2) is 5.82 Å². The average molecular weight is 430 g/mol. The van der Waals surface area contributed by atoms with Crippen molar-refractivity contribution < 1.29 is 14.3 Å². The molecule has 0 bridgehead atoms. The lowest BCUT2D eigenvalue weighted by atomic mass is 10.1. The first kappa shape index (κ1) is 21.4. The number of aryl methyl sites for hydroxylation is 2. The van der Waals surface area contributed by atoms with E-state index in [9.17, 15) is 4.79 Å². The van der Waals surface area contributed by atoms with Crippen LogP contribution in [0.5, 0.6) is 11.5 Å². The van der Waals surface area contributed by atoms with Gasteiger partial charge in [-0.15, -0.1) is 0 Å². The summed E-state index contributed by atoms with van der Waals surface area (Å²) < 4.78 is 10.6. The number of nitrogens with zero attached hydrogens (tertiary/aromatic N) is 3. The van der Waals surface area contributed by atoms with Gasteiger partial charge in [0.05, 0.1) is 14.2 Å². The quantitative estimate of drug-likeness (QED) is 0.532. The number of aromatic nitrogens is 3. The Morgan fingerprint density at radius 3 is 2.40 bits per heavy atom. The van der Waals surface area contributed by atoms with E-state index in [1.165, 1.54) is 6.07 Å². The van der Waals surface area contributed by atoms with Crippen LogP contribution >= 0.6 is 11.6 Å². The molecular weight excluding hydrogens is 406 g/mol. The highest BCUT2D eigenvalue weighted by Gasteiger charge is 2.13. The van der Waals surface area contributed by atoms with Crippen LogP contribution in [0.2, 0.25) is 5.15 Å². The van der Waals surface area contributed by atoms with Gasteiger partial charge in [-0.1, -0.05) is 11.6 Å². The highest BCUT2D eigenvalue weighted by atomic mass is 35.5. The third-order valence-electron chi connectivity index (χ3n) is 4.47. The number of pyridine rings is 1. The molecule has 2 aromatic heterocycles. The number of carbonyl (C=O) groups excluding carboxylic acids is 1. The molecule has 0 spiro atoms. The summed E-state index contributed by atoms with van der Waals surface area (Å²) in [6, 6.07) is 10.8. The highest BCUT2D eigenvalue weighted by Crippen LogP contribution is 2.24. The molecule has 9 heteroatoms. The van der Waals surface area contributed by atoms with Crippen LogP contribution in [0.15, 0.2) is 36.4 Å². The van der Waals surface area contributed by atoms with Crippen molar-refractivity contribution in [2.45, 2.75) is 12.8 Å². The molecule has 0 saturated carbocycles. The van der Waals surface area contributed by atoms with E-state index < -0.39 is 0 Å². The molecule has 0 fully saturated rings. The maximum atomic E-state index is 12.6. The van der Waals surface area contributed by atoms with Crippen molar-refractivity contribution in [1.82, 2.24) is 15.2 Å². The first-order valence-electron chi connectivity index (χ1n) is 9.30. The van der Waals surface area contributed by atoms with E-state index in [0.29, 0.717) is 23.6 Å². The number of amides is 1. The van der Waals surface area contributed by atoms with E-state index in [-0.39, 0.29) is 11.1 Å². The molecule has 158 valence electrons. The fourth-order valence-electron chi connectivity index (χ4n) is 2.88. The zero-order valence-electron chi connectivity index (χ0n) is 17.3. The largest absolute Gasteiger partial charge is 0.497 e. The monoisotopic (exact) mass is 429 g/mol. The molecule has 1 amide bonds. The maximum Gasteiger partial charge on any atom is 0.257 e. The van der Waals surface area contributed by atoms with Gasteiger partial charge in [0.1, 0.15) is 22.5 Å². The zero-order valence-corrected chi connectivity index (χ0v) is 18.1. The Labute approximate surface area is 180 Å². The minimum atomic E-state index is -0.307. The summed E-state index contributed by atoms with van der Waals surface area (Å²) >= 11 is 6.03. The smallest absolute Gasteiger partial charge is 0.257 e. The van der Waals surface area contributed by atoms with Crippen molar-refractivity contribution in [2.24, 2.45) is 0 Å². The summed E-state index contributed by atoms with van der Waals surface area (Å²) in [6.07, 6.45) is 1.47.